The summed E-state index contributed by atoms with van der Waals surface area (Å²) in [5, 5.41) is 3.87. The van der Waals surface area contributed by atoms with Gasteiger partial charge in [-0.2, -0.15) is 0 Å². The molecule has 0 aromatic rings. The van der Waals surface area contributed by atoms with E-state index < -0.39 is 8.32 Å². The fraction of sp³-hybridized carbons (Fsp3) is 0.857. The molecular formula is C7H17NOSi. The lowest BCUT2D eigenvalue weighted by Gasteiger charge is -2.11. The zero-order chi connectivity index (χ0) is 8.04. The molecule has 0 atom stereocenters. The first-order valence-electron chi connectivity index (χ1n) is 3.76. The van der Waals surface area contributed by atoms with Crippen LogP contribution in [0.5, 0.6) is 0 Å². The summed E-state index contributed by atoms with van der Waals surface area (Å²) in [6.45, 7) is 8.49. The Labute approximate surface area is 64.4 Å². The van der Waals surface area contributed by atoms with Crippen molar-refractivity contribution >= 4 is 14.5 Å². The van der Waals surface area contributed by atoms with Crippen molar-refractivity contribution in [2.75, 3.05) is 0 Å². The zero-order valence-electron chi connectivity index (χ0n) is 7.35. The van der Waals surface area contributed by atoms with Gasteiger partial charge in [0.15, 0.2) is 0 Å². The average Bonchev–Trinajstić information content (AvgIpc) is 1.78. The van der Waals surface area contributed by atoms with Gasteiger partial charge in [-0.3, -0.25) is 0 Å². The van der Waals surface area contributed by atoms with Crippen molar-refractivity contribution in [3.8, 4) is 0 Å². The molecule has 0 aliphatic rings. The molecule has 0 saturated carbocycles. The van der Waals surface area contributed by atoms with E-state index >= 15 is 0 Å². The summed E-state index contributed by atoms with van der Waals surface area (Å²) in [5.74, 6) is 0. The maximum Gasteiger partial charge on any atom is 0.278 e. The van der Waals surface area contributed by atoms with Crippen molar-refractivity contribution in [3.63, 3.8) is 0 Å². The molecular weight excluding hydrogens is 142 g/mol. The minimum Gasteiger partial charge on any atom is -0.456 e. The molecule has 0 rings (SSSR count). The molecule has 0 aromatic carbocycles. The van der Waals surface area contributed by atoms with E-state index in [4.69, 9.17) is 4.53 Å². The second-order valence-electron chi connectivity index (χ2n) is 3.28. The maximum atomic E-state index is 5.24. The molecule has 3 heteroatoms. The molecule has 60 valence electrons. The molecule has 10 heavy (non-hydrogen) atoms. The minimum atomic E-state index is -1.41. The average molecular weight is 159 g/mol. The highest BCUT2D eigenvalue weighted by atomic mass is 28.4. The van der Waals surface area contributed by atoms with Gasteiger partial charge in [0, 0.05) is 6.21 Å². The van der Waals surface area contributed by atoms with E-state index in [9.17, 15) is 0 Å². The second kappa shape index (κ2) is 4.49. The summed E-state index contributed by atoms with van der Waals surface area (Å²) < 4.78 is 5.24. The Balaban J connectivity index is 3.34. The Hall–Kier alpha value is -0.313. The Morgan fingerprint density at radius 3 is 2.40 bits per heavy atom. The molecule has 0 aromatic heterocycles. The molecule has 0 amide bonds. The van der Waals surface area contributed by atoms with Crippen LogP contribution in [0.25, 0.3) is 0 Å². The predicted molar refractivity (Wildman–Crippen MR) is 47.8 cm³/mol. The standard InChI is InChI=1S/C7H17NOSi/c1-5-6-7-8-9-10(2,3)4/h7H,5-6H2,1-4H3/b8-7+. The lowest BCUT2D eigenvalue weighted by Crippen LogP contribution is -2.22. The number of nitrogens with zero attached hydrogens (tertiary/aromatic N) is 1. The number of hydrogen-bond donors (Lipinski definition) is 0. The van der Waals surface area contributed by atoms with E-state index in [1.165, 1.54) is 0 Å². The van der Waals surface area contributed by atoms with Gasteiger partial charge in [0.1, 0.15) is 0 Å². The number of unbranched alkanes of at least 4 members (excludes halogenated alkanes) is 1. The van der Waals surface area contributed by atoms with Gasteiger partial charge in [-0.15, -0.1) is 5.16 Å². The van der Waals surface area contributed by atoms with Crippen molar-refractivity contribution < 1.29 is 4.53 Å². The lowest BCUT2D eigenvalue weighted by molar-refractivity contribution is 0.336. The third kappa shape index (κ3) is 7.69. The molecule has 0 spiro atoms. The van der Waals surface area contributed by atoms with E-state index in [2.05, 4.69) is 31.7 Å². The Bertz CT molecular complexity index is 107. The van der Waals surface area contributed by atoms with Crippen LogP contribution in [-0.2, 0) is 4.53 Å². The summed E-state index contributed by atoms with van der Waals surface area (Å²) in [7, 11) is -1.41. The first kappa shape index (κ1) is 9.69. The van der Waals surface area contributed by atoms with Crippen molar-refractivity contribution in [1.82, 2.24) is 0 Å². The maximum absolute atomic E-state index is 5.24. The summed E-state index contributed by atoms with van der Waals surface area (Å²) in [4.78, 5) is 0. The Kier molecular flexibility index (Phi) is 4.35. The number of hydrogen-bond acceptors (Lipinski definition) is 2. The highest BCUT2D eigenvalue weighted by Crippen LogP contribution is 2.01. The van der Waals surface area contributed by atoms with Crippen LogP contribution in [0.15, 0.2) is 5.16 Å². The molecule has 0 fully saturated rings. The van der Waals surface area contributed by atoms with E-state index in [0.29, 0.717) is 0 Å². The van der Waals surface area contributed by atoms with Crippen molar-refractivity contribution in [3.05, 3.63) is 0 Å². The molecule has 2 nitrogen and oxygen atoms in total. The number of oxime groups is 1. The molecule has 0 saturated heterocycles. The molecule has 0 N–H and O–H groups in total. The molecule has 0 unspecified atom stereocenters. The van der Waals surface area contributed by atoms with Gasteiger partial charge < -0.3 is 4.53 Å². The minimum absolute atomic E-state index is 1.02. The lowest BCUT2D eigenvalue weighted by atomic mass is 10.4. The summed E-state index contributed by atoms with van der Waals surface area (Å²) in [6.07, 6.45) is 4.00. The third-order valence-corrected chi connectivity index (χ3v) is 1.47. The van der Waals surface area contributed by atoms with E-state index in [1.807, 2.05) is 6.21 Å². The SMILES string of the molecule is CCC/C=N/O[Si](C)(C)C. The first-order chi connectivity index (χ1) is 4.56. The largest absolute Gasteiger partial charge is 0.456 e. The fourth-order valence-corrected chi connectivity index (χ4v) is 0.768. The second-order valence-corrected chi connectivity index (χ2v) is 7.69. The molecule has 0 aliphatic heterocycles. The quantitative estimate of drug-likeness (QED) is 0.351. The van der Waals surface area contributed by atoms with Gasteiger partial charge in [0.25, 0.3) is 8.32 Å². The van der Waals surface area contributed by atoms with Crippen LogP contribution in [0.1, 0.15) is 19.8 Å². The first-order valence-corrected chi connectivity index (χ1v) is 7.17. The van der Waals surface area contributed by atoms with Crippen LogP contribution in [0.4, 0.5) is 0 Å². The van der Waals surface area contributed by atoms with Gasteiger partial charge in [0.2, 0.25) is 0 Å². The van der Waals surface area contributed by atoms with Gasteiger partial charge in [0.05, 0.1) is 0 Å². The topological polar surface area (TPSA) is 21.6 Å². The monoisotopic (exact) mass is 159 g/mol. The molecule has 0 heterocycles. The highest BCUT2D eigenvalue weighted by molar-refractivity contribution is 6.69. The van der Waals surface area contributed by atoms with Crippen LogP contribution in [-0.4, -0.2) is 14.5 Å². The molecule has 0 aliphatic carbocycles. The van der Waals surface area contributed by atoms with Crippen LogP contribution < -0.4 is 0 Å². The van der Waals surface area contributed by atoms with Crippen LogP contribution in [0, 0.1) is 0 Å². The zero-order valence-corrected chi connectivity index (χ0v) is 8.35. The highest BCUT2D eigenvalue weighted by Gasteiger charge is 2.14. The smallest absolute Gasteiger partial charge is 0.278 e. The van der Waals surface area contributed by atoms with Gasteiger partial charge in [-0.1, -0.05) is 13.3 Å². The van der Waals surface area contributed by atoms with Crippen molar-refractivity contribution in [2.24, 2.45) is 5.16 Å². The van der Waals surface area contributed by atoms with Crippen molar-refractivity contribution in [1.29, 1.82) is 0 Å². The molecule has 0 radical (unpaired) electrons. The van der Waals surface area contributed by atoms with Gasteiger partial charge in [-0.25, -0.2) is 0 Å². The summed E-state index contributed by atoms with van der Waals surface area (Å²) in [6, 6.07) is 0. The van der Waals surface area contributed by atoms with Gasteiger partial charge in [-0.05, 0) is 26.1 Å². The third-order valence-electron chi connectivity index (χ3n) is 0.819. The van der Waals surface area contributed by atoms with E-state index in [0.717, 1.165) is 12.8 Å². The summed E-state index contributed by atoms with van der Waals surface area (Å²) >= 11 is 0. The fourth-order valence-electron chi connectivity index (χ4n) is 0.377. The van der Waals surface area contributed by atoms with Crippen LogP contribution in [0.3, 0.4) is 0 Å². The van der Waals surface area contributed by atoms with Crippen LogP contribution in [0.2, 0.25) is 19.6 Å². The van der Waals surface area contributed by atoms with E-state index in [-0.39, 0.29) is 0 Å². The van der Waals surface area contributed by atoms with Crippen molar-refractivity contribution in [2.45, 2.75) is 39.4 Å². The summed E-state index contributed by atoms with van der Waals surface area (Å²) in [5.41, 5.74) is 0. The normalized spacial score (nSPS) is 12.4. The Morgan fingerprint density at radius 2 is 2.00 bits per heavy atom. The number of rotatable bonds is 4. The van der Waals surface area contributed by atoms with E-state index in [1.54, 1.807) is 0 Å². The predicted octanol–water partition coefficient (Wildman–Crippen LogP) is 2.62. The van der Waals surface area contributed by atoms with Crippen LogP contribution >= 0.6 is 0 Å². The Morgan fingerprint density at radius 1 is 1.40 bits per heavy atom. The van der Waals surface area contributed by atoms with Gasteiger partial charge >= 0.3 is 0 Å². The molecule has 0 bridgehead atoms.